The summed E-state index contributed by atoms with van der Waals surface area (Å²) in [4.78, 5) is 0. The molecule has 0 saturated carbocycles. The highest BCUT2D eigenvalue weighted by atomic mass is 19.4. The molecular formula is C12H17F3N2O. The summed E-state index contributed by atoms with van der Waals surface area (Å²) in [6.45, 7) is -0.0475. The lowest BCUT2D eigenvalue weighted by Gasteiger charge is -2.35. The van der Waals surface area contributed by atoms with Crippen LogP contribution in [0.15, 0.2) is 30.3 Å². The molecule has 6 heteroatoms. The molecule has 0 saturated heterocycles. The zero-order valence-electron chi connectivity index (χ0n) is 10.0. The zero-order valence-corrected chi connectivity index (χ0v) is 10.0. The van der Waals surface area contributed by atoms with Gasteiger partial charge < -0.3 is 10.8 Å². The van der Waals surface area contributed by atoms with E-state index < -0.39 is 30.9 Å². The summed E-state index contributed by atoms with van der Waals surface area (Å²) < 4.78 is 38.7. The lowest BCUT2D eigenvalue weighted by molar-refractivity contribution is -0.191. The number of hydrogen-bond donors (Lipinski definition) is 3. The van der Waals surface area contributed by atoms with E-state index in [4.69, 9.17) is 5.73 Å². The lowest BCUT2D eigenvalue weighted by atomic mass is 9.98. The van der Waals surface area contributed by atoms with Gasteiger partial charge in [0, 0.05) is 6.54 Å². The van der Waals surface area contributed by atoms with Crippen LogP contribution in [0.4, 0.5) is 13.2 Å². The van der Waals surface area contributed by atoms with Gasteiger partial charge in [-0.25, -0.2) is 0 Å². The van der Waals surface area contributed by atoms with Crippen molar-refractivity contribution in [2.45, 2.75) is 24.7 Å². The Balaban J connectivity index is 2.92. The maximum Gasteiger partial charge on any atom is 0.407 e. The molecular weight excluding hydrogens is 245 g/mol. The van der Waals surface area contributed by atoms with E-state index in [0.717, 1.165) is 6.92 Å². The third-order valence-electron chi connectivity index (χ3n) is 2.91. The second-order valence-corrected chi connectivity index (χ2v) is 4.32. The van der Waals surface area contributed by atoms with E-state index in [9.17, 15) is 18.3 Å². The molecule has 1 aromatic rings. The number of nitrogens with two attached hydrogens (primary N) is 1. The summed E-state index contributed by atoms with van der Waals surface area (Å²) in [5.41, 5.74) is 3.57. The van der Waals surface area contributed by atoms with Crippen molar-refractivity contribution in [3.8, 4) is 0 Å². The first kappa shape index (κ1) is 14.9. The highest BCUT2D eigenvalue weighted by Crippen LogP contribution is 2.31. The van der Waals surface area contributed by atoms with Crippen LogP contribution in [0, 0.1) is 0 Å². The summed E-state index contributed by atoms with van der Waals surface area (Å²) in [6.07, 6.45) is -4.48. The van der Waals surface area contributed by atoms with E-state index in [0.29, 0.717) is 5.56 Å². The van der Waals surface area contributed by atoms with Gasteiger partial charge in [-0.1, -0.05) is 30.3 Å². The fourth-order valence-corrected chi connectivity index (χ4v) is 1.56. The Morgan fingerprint density at radius 1 is 1.28 bits per heavy atom. The number of alkyl halides is 3. The summed E-state index contributed by atoms with van der Waals surface area (Å²) >= 11 is 0. The number of aliphatic hydroxyl groups excluding tert-OH is 1. The molecule has 4 N–H and O–H groups in total. The van der Waals surface area contributed by atoms with Gasteiger partial charge in [0.2, 0.25) is 0 Å². The first-order chi connectivity index (χ1) is 8.34. The van der Waals surface area contributed by atoms with Gasteiger partial charge in [0.25, 0.3) is 0 Å². The van der Waals surface area contributed by atoms with Crippen LogP contribution in [0.1, 0.15) is 18.5 Å². The van der Waals surface area contributed by atoms with Crippen molar-refractivity contribution in [2.24, 2.45) is 5.73 Å². The average Bonchev–Trinajstić information content (AvgIpc) is 2.35. The van der Waals surface area contributed by atoms with E-state index in [2.05, 4.69) is 5.32 Å². The quantitative estimate of drug-likeness (QED) is 0.755. The van der Waals surface area contributed by atoms with Crippen molar-refractivity contribution in [1.29, 1.82) is 0 Å². The molecule has 3 nitrogen and oxygen atoms in total. The third-order valence-corrected chi connectivity index (χ3v) is 2.91. The molecule has 0 bridgehead atoms. The Morgan fingerprint density at radius 3 is 2.22 bits per heavy atom. The van der Waals surface area contributed by atoms with Crippen LogP contribution >= 0.6 is 0 Å². The maximum absolute atomic E-state index is 12.9. The number of rotatable bonds is 5. The number of hydrogen-bond acceptors (Lipinski definition) is 3. The second-order valence-electron chi connectivity index (χ2n) is 4.32. The Labute approximate surface area is 104 Å². The van der Waals surface area contributed by atoms with Crippen molar-refractivity contribution in [1.82, 2.24) is 5.32 Å². The second kappa shape index (κ2) is 5.69. The predicted molar refractivity (Wildman–Crippen MR) is 62.9 cm³/mol. The Morgan fingerprint density at radius 2 is 1.83 bits per heavy atom. The van der Waals surface area contributed by atoms with E-state index in [1.807, 2.05) is 0 Å². The van der Waals surface area contributed by atoms with Gasteiger partial charge in [0.15, 0.2) is 0 Å². The monoisotopic (exact) mass is 262 g/mol. The molecule has 0 spiro atoms. The standard InChI is InChI=1S/C12H17F3N2O/c1-11(8-16,12(13,14)15)17-10(7-18)9-5-3-2-4-6-9/h2-6,10,17-18H,7-8,16H2,1H3/t10?,11-/m0/s1. The normalized spacial score (nSPS) is 17.2. The Hall–Kier alpha value is -1.11. The van der Waals surface area contributed by atoms with E-state index >= 15 is 0 Å². The van der Waals surface area contributed by atoms with Crippen LogP contribution in [-0.4, -0.2) is 30.0 Å². The number of benzene rings is 1. The molecule has 0 radical (unpaired) electrons. The first-order valence-electron chi connectivity index (χ1n) is 5.54. The minimum absolute atomic E-state index is 0.435. The van der Waals surface area contributed by atoms with Gasteiger partial charge in [0.05, 0.1) is 12.6 Å². The van der Waals surface area contributed by atoms with Gasteiger partial charge >= 0.3 is 6.18 Å². The van der Waals surface area contributed by atoms with Crippen molar-refractivity contribution < 1.29 is 18.3 Å². The molecule has 0 amide bonds. The zero-order chi connectivity index (χ0) is 13.8. The highest BCUT2D eigenvalue weighted by Gasteiger charge is 2.51. The first-order valence-corrected chi connectivity index (χ1v) is 5.54. The Bertz CT molecular complexity index is 369. The van der Waals surface area contributed by atoms with Gasteiger partial charge in [-0.15, -0.1) is 0 Å². The van der Waals surface area contributed by atoms with Crippen LogP contribution < -0.4 is 11.1 Å². The van der Waals surface area contributed by atoms with Crippen molar-refractivity contribution >= 4 is 0 Å². The summed E-state index contributed by atoms with van der Waals surface area (Å²) in [7, 11) is 0. The minimum Gasteiger partial charge on any atom is -0.394 e. The molecule has 1 unspecified atom stereocenters. The molecule has 1 aromatic carbocycles. The van der Waals surface area contributed by atoms with Crippen molar-refractivity contribution in [2.75, 3.05) is 13.2 Å². The summed E-state index contributed by atoms with van der Waals surface area (Å²) in [6, 6.07) is 7.66. The minimum atomic E-state index is -4.48. The Kier molecular flexibility index (Phi) is 4.72. The molecule has 0 aliphatic rings. The van der Waals surface area contributed by atoms with Gasteiger partial charge in [0.1, 0.15) is 5.54 Å². The topological polar surface area (TPSA) is 58.3 Å². The third kappa shape index (κ3) is 3.22. The van der Waals surface area contributed by atoms with Crippen LogP contribution in [0.5, 0.6) is 0 Å². The van der Waals surface area contributed by atoms with Crippen LogP contribution in [0.25, 0.3) is 0 Å². The molecule has 102 valence electrons. The highest BCUT2D eigenvalue weighted by molar-refractivity contribution is 5.20. The smallest absolute Gasteiger partial charge is 0.394 e. The molecule has 0 fully saturated rings. The number of halogens is 3. The summed E-state index contributed by atoms with van der Waals surface area (Å²) in [5.74, 6) is 0. The average molecular weight is 262 g/mol. The predicted octanol–water partition coefficient (Wildman–Crippen LogP) is 1.59. The number of aliphatic hydroxyl groups is 1. The molecule has 2 atom stereocenters. The fourth-order valence-electron chi connectivity index (χ4n) is 1.56. The van der Waals surface area contributed by atoms with E-state index in [1.54, 1.807) is 30.3 Å². The fraction of sp³-hybridized carbons (Fsp3) is 0.500. The van der Waals surface area contributed by atoms with E-state index in [-0.39, 0.29) is 0 Å². The molecule has 0 heterocycles. The van der Waals surface area contributed by atoms with Gasteiger partial charge in [-0.05, 0) is 12.5 Å². The SMILES string of the molecule is C[C@@](CN)(NC(CO)c1ccccc1)C(F)(F)F. The van der Waals surface area contributed by atoms with Crippen LogP contribution in [0.3, 0.4) is 0 Å². The largest absolute Gasteiger partial charge is 0.407 e. The van der Waals surface area contributed by atoms with Gasteiger partial charge in [-0.3, -0.25) is 5.32 Å². The van der Waals surface area contributed by atoms with Crippen molar-refractivity contribution in [3.63, 3.8) is 0 Å². The van der Waals surface area contributed by atoms with E-state index in [1.165, 1.54) is 0 Å². The molecule has 0 aliphatic heterocycles. The molecule has 0 aromatic heterocycles. The molecule has 0 aliphatic carbocycles. The maximum atomic E-state index is 12.9. The molecule has 18 heavy (non-hydrogen) atoms. The lowest BCUT2D eigenvalue weighted by Crippen LogP contribution is -2.60. The van der Waals surface area contributed by atoms with Crippen LogP contribution in [0.2, 0.25) is 0 Å². The summed E-state index contributed by atoms with van der Waals surface area (Å²) in [5, 5.41) is 11.6. The van der Waals surface area contributed by atoms with Gasteiger partial charge in [-0.2, -0.15) is 13.2 Å². The van der Waals surface area contributed by atoms with Crippen LogP contribution in [-0.2, 0) is 0 Å². The molecule has 1 rings (SSSR count). The number of nitrogens with one attached hydrogen (secondary N) is 1. The van der Waals surface area contributed by atoms with Crippen molar-refractivity contribution in [3.05, 3.63) is 35.9 Å².